The fourth-order valence-corrected chi connectivity index (χ4v) is 4.80. The van der Waals surface area contributed by atoms with Gasteiger partial charge >= 0.3 is 5.97 Å². The van der Waals surface area contributed by atoms with Crippen LogP contribution in [-0.2, 0) is 20.9 Å². The second-order valence-corrected chi connectivity index (χ2v) is 9.54. The van der Waals surface area contributed by atoms with Crippen LogP contribution in [0.4, 0.5) is 5.82 Å². The van der Waals surface area contributed by atoms with E-state index in [9.17, 15) is 14.4 Å². The van der Waals surface area contributed by atoms with Gasteiger partial charge in [0.25, 0.3) is 5.56 Å². The van der Waals surface area contributed by atoms with Crippen LogP contribution in [0.25, 0.3) is 17.0 Å². The molecular formula is C26H32ClN5O4. The number of imidazole rings is 1. The number of hydrogen-bond acceptors (Lipinski definition) is 6. The number of methoxy groups -OCH3 is 1. The quantitative estimate of drug-likeness (QED) is 0.346. The third-order valence-electron chi connectivity index (χ3n) is 6.58. The number of hydrogen-bond donors (Lipinski definition) is 1. The second kappa shape index (κ2) is 11.2. The lowest BCUT2D eigenvalue weighted by molar-refractivity contribution is -0.144. The first-order chi connectivity index (χ1) is 17.3. The third-order valence-corrected chi connectivity index (χ3v) is 6.84. The van der Waals surface area contributed by atoms with Crippen molar-refractivity contribution in [1.82, 2.24) is 19.3 Å². The third kappa shape index (κ3) is 5.26. The van der Waals surface area contributed by atoms with Crippen LogP contribution in [0.2, 0.25) is 5.02 Å². The first kappa shape index (κ1) is 25.8. The molecule has 1 aliphatic heterocycles. The molecule has 3 heterocycles. The van der Waals surface area contributed by atoms with Gasteiger partial charge in [-0.1, -0.05) is 43.5 Å². The van der Waals surface area contributed by atoms with Crippen LogP contribution in [0.5, 0.6) is 0 Å². The van der Waals surface area contributed by atoms with Gasteiger partial charge in [-0.3, -0.25) is 18.6 Å². The lowest BCUT2D eigenvalue weighted by Crippen LogP contribution is -2.49. The molecule has 1 aromatic carbocycles. The molecule has 36 heavy (non-hydrogen) atoms. The summed E-state index contributed by atoms with van der Waals surface area (Å²) in [5.41, 5.74) is 1.32. The van der Waals surface area contributed by atoms with Crippen LogP contribution < -0.4 is 15.8 Å². The maximum Gasteiger partial charge on any atom is 0.328 e. The Morgan fingerprint density at radius 2 is 2.00 bits per heavy atom. The molecule has 4 rings (SSSR count). The second-order valence-electron chi connectivity index (χ2n) is 9.11. The van der Waals surface area contributed by atoms with Gasteiger partial charge in [-0.15, -0.1) is 0 Å². The minimum Gasteiger partial charge on any atom is -0.467 e. The predicted octanol–water partition coefficient (Wildman–Crippen LogP) is 3.65. The molecule has 192 valence electrons. The number of carbonyl (C=O) groups excluding carboxylic acids is 2. The molecule has 1 saturated heterocycles. The number of nitrogens with zero attached hydrogens (tertiary/aromatic N) is 4. The van der Waals surface area contributed by atoms with Crippen molar-refractivity contribution in [2.24, 2.45) is 0 Å². The maximum absolute atomic E-state index is 13.2. The van der Waals surface area contributed by atoms with Gasteiger partial charge in [0.2, 0.25) is 11.7 Å². The van der Waals surface area contributed by atoms with E-state index in [4.69, 9.17) is 21.3 Å². The molecule has 1 N–H and O–H groups in total. The van der Waals surface area contributed by atoms with E-state index >= 15 is 0 Å². The van der Waals surface area contributed by atoms with Gasteiger partial charge in [-0.05, 0) is 38.3 Å². The number of aromatic nitrogens is 3. The zero-order chi connectivity index (χ0) is 25.8. The Morgan fingerprint density at radius 3 is 2.69 bits per heavy atom. The van der Waals surface area contributed by atoms with Crippen molar-refractivity contribution in [2.45, 2.75) is 64.6 Å². The Kier molecular flexibility index (Phi) is 7.98. The van der Waals surface area contributed by atoms with Gasteiger partial charge < -0.3 is 15.0 Å². The highest BCUT2D eigenvalue weighted by Gasteiger charge is 2.34. The lowest BCUT2D eigenvalue weighted by atomic mass is 10.2. The smallest absolute Gasteiger partial charge is 0.328 e. The minimum atomic E-state index is -0.756. The molecule has 0 spiro atoms. The van der Waals surface area contributed by atoms with E-state index in [1.165, 1.54) is 7.11 Å². The molecule has 10 heteroatoms. The van der Waals surface area contributed by atoms with Crippen LogP contribution in [0, 0.1) is 0 Å². The number of benzene rings is 1. The fourth-order valence-electron chi connectivity index (χ4n) is 4.67. The van der Waals surface area contributed by atoms with Gasteiger partial charge in [0.1, 0.15) is 17.9 Å². The monoisotopic (exact) mass is 513 g/mol. The summed E-state index contributed by atoms with van der Waals surface area (Å²) in [5, 5.41) is 3.38. The average Bonchev–Trinajstić information content (AvgIpc) is 3.53. The number of aryl methyl sites for hydroxylation is 1. The van der Waals surface area contributed by atoms with Crippen LogP contribution >= 0.6 is 11.6 Å². The van der Waals surface area contributed by atoms with Crippen molar-refractivity contribution < 1.29 is 14.3 Å². The number of amides is 1. The topological polar surface area (TPSA) is 97.9 Å². The SMILES string of the molecule is CCCCCn1c(N2CCC[C@H]2C(=O)NC(C)C(=O)OC)cc(=O)n2cc(-c3ccc(Cl)cc3)nc12. The standard InChI is InChI=1S/C26H32ClN5O4/c1-4-5-6-13-31-22(30-14-7-8-21(30)24(34)28-17(2)25(35)36-3)15-23(33)32-16-20(29-26(31)32)18-9-11-19(27)12-10-18/h9-12,15-17,21H,4-8,13-14H2,1-3H3,(H,28,34)/t17?,21-/m0/s1. The highest BCUT2D eigenvalue weighted by atomic mass is 35.5. The highest BCUT2D eigenvalue weighted by molar-refractivity contribution is 6.30. The van der Waals surface area contributed by atoms with Gasteiger partial charge in [0.05, 0.1) is 12.8 Å². The normalized spacial score (nSPS) is 16.3. The molecule has 1 unspecified atom stereocenters. The molecule has 9 nitrogen and oxygen atoms in total. The Hall–Kier alpha value is -3.33. The van der Waals surface area contributed by atoms with Crippen molar-refractivity contribution in [3.05, 3.63) is 51.9 Å². The van der Waals surface area contributed by atoms with Gasteiger partial charge in [-0.25, -0.2) is 9.78 Å². The van der Waals surface area contributed by atoms with E-state index in [-0.39, 0.29) is 11.5 Å². The summed E-state index contributed by atoms with van der Waals surface area (Å²) in [6, 6.07) is 7.67. The van der Waals surface area contributed by atoms with Crippen molar-refractivity contribution in [3.63, 3.8) is 0 Å². The number of carbonyl (C=O) groups is 2. The van der Waals surface area contributed by atoms with Crippen LogP contribution in [0.1, 0.15) is 46.0 Å². The number of nitrogens with one attached hydrogen (secondary N) is 1. The van der Waals surface area contributed by atoms with Gasteiger partial charge in [-0.2, -0.15) is 0 Å². The largest absolute Gasteiger partial charge is 0.467 e. The summed E-state index contributed by atoms with van der Waals surface area (Å²) in [4.78, 5) is 45.0. The number of unbranched alkanes of at least 4 members (excludes halogenated alkanes) is 2. The predicted molar refractivity (Wildman–Crippen MR) is 139 cm³/mol. The maximum atomic E-state index is 13.2. The first-order valence-electron chi connectivity index (χ1n) is 12.4. The molecule has 1 aliphatic rings. The van der Waals surface area contributed by atoms with Gasteiger partial charge in [0, 0.05) is 35.9 Å². The zero-order valence-electron chi connectivity index (χ0n) is 20.9. The van der Waals surface area contributed by atoms with Crippen molar-refractivity contribution >= 4 is 35.1 Å². The Bertz CT molecular complexity index is 1300. The number of fused-ring (bicyclic) bond motifs is 1. The van der Waals surface area contributed by atoms with E-state index < -0.39 is 18.1 Å². The average molecular weight is 514 g/mol. The molecular weight excluding hydrogens is 482 g/mol. The summed E-state index contributed by atoms with van der Waals surface area (Å²) in [7, 11) is 1.29. The van der Waals surface area contributed by atoms with Crippen LogP contribution in [-0.4, -0.2) is 51.6 Å². The van der Waals surface area contributed by atoms with Crippen LogP contribution in [0.3, 0.4) is 0 Å². The Morgan fingerprint density at radius 1 is 1.25 bits per heavy atom. The van der Waals surface area contributed by atoms with E-state index in [0.717, 1.165) is 31.2 Å². The molecule has 0 aliphatic carbocycles. The summed E-state index contributed by atoms with van der Waals surface area (Å²) in [6.45, 7) is 5.02. The number of esters is 1. The molecule has 3 aromatic rings. The molecule has 2 atom stereocenters. The van der Waals surface area contributed by atoms with E-state index in [1.54, 1.807) is 35.7 Å². The summed E-state index contributed by atoms with van der Waals surface area (Å²) < 4.78 is 8.33. The van der Waals surface area contributed by atoms with E-state index in [1.807, 2.05) is 21.6 Å². The molecule has 0 saturated carbocycles. The van der Waals surface area contributed by atoms with Crippen LogP contribution in [0.15, 0.2) is 41.3 Å². The van der Waals surface area contributed by atoms with E-state index in [0.29, 0.717) is 41.8 Å². The van der Waals surface area contributed by atoms with Crippen molar-refractivity contribution in [3.8, 4) is 11.3 Å². The van der Waals surface area contributed by atoms with Crippen molar-refractivity contribution in [1.29, 1.82) is 0 Å². The first-order valence-corrected chi connectivity index (χ1v) is 12.8. The van der Waals surface area contributed by atoms with E-state index in [2.05, 4.69) is 12.2 Å². The summed E-state index contributed by atoms with van der Waals surface area (Å²) >= 11 is 6.05. The zero-order valence-corrected chi connectivity index (χ0v) is 21.6. The summed E-state index contributed by atoms with van der Waals surface area (Å²) in [6.07, 6.45) is 6.16. The number of rotatable bonds is 9. The minimum absolute atomic E-state index is 0.214. The number of halogens is 1. The molecule has 1 amide bonds. The molecule has 0 bridgehead atoms. The molecule has 2 aromatic heterocycles. The highest BCUT2D eigenvalue weighted by Crippen LogP contribution is 2.28. The van der Waals surface area contributed by atoms with Gasteiger partial charge in [0.15, 0.2) is 0 Å². The Labute approximate surface area is 215 Å². The number of anilines is 1. The van der Waals surface area contributed by atoms with Crippen molar-refractivity contribution in [2.75, 3.05) is 18.6 Å². The fraction of sp³-hybridized carbons (Fsp3) is 0.462. The lowest BCUT2D eigenvalue weighted by Gasteiger charge is -2.29. The summed E-state index contributed by atoms with van der Waals surface area (Å²) in [5.74, 6) is 0.439. The Balaban J connectivity index is 1.75. The molecule has 0 radical (unpaired) electrons. The number of ether oxygens (including phenoxy) is 1. The molecule has 1 fully saturated rings.